The summed E-state index contributed by atoms with van der Waals surface area (Å²) in [5, 5.41) is 4.07. The maximum Gasteiger partial charge on any atom is 0.416 e. The van der Waals surface area contributed by atoms with Crippen LogP contribution in [0, 0.1) is 0 Å². The van der Waals surface area contributed by atoms with E-state index < -0.39 is 32.6 Å². The third kappa shape index (κ3) is 3.68. The maximum absolute atomic E-state index is 12.5. The molecule has 0 unspecified atom stereocenters. The predicted molar refractivity (Wildman–Crippen MR) is 81.3 cm³/mol. The molecule has 0 atom stereocenters. The van der Waals surface area contributed by atoms with E-state index in [9.17, 15) is 26.4 Å². The van der Waals surface area contributed by atoms with Gasteiger partial charge in [0.2, 0.25) is 0 Å². The van der Waals surface area contributed by atoms with Crippen molar-refractivity contribution < 1.29 is 26.4 Å². The summed E-state index contributed by atoms with van der Waals surface area (Å²) in [7, 11) is -4.29. The van der Waals surface area contributed by atoms with Crippen LogP contribution in [0.5, 0.6) is 0 Å². The van der Waals surface area contributed by atoms with E-state index in [0.717, 1.165) is 37.1 Å². The Kier molecular flexibility index (Phi) is 4.31. The fraction of sp³-hybridized carbons (Fsp3) is 0.333. The number of amides is 1. The molecule has 2 heterocycles. The second-order valence-electron chi connectivity index (χ2n) is 5.66. The summed E-state index contributed by atoms with van der Waals surface area (Å²) >= 11 is 0. The lowest BCUT2D eigenvalue weighted by Crippen LogP contribution is -2.31. The van der Waals surface area contributed by atoms with Gasteiger partial charge in [0, 0.05) is 12.2 Å². The smallest absolute Gasteiger partial charge is 0.269 e. The zero-order chi connectivity index (χ0) is 18.2. The second kappa shape index (κ2) is 6.17. The SMILES string of the molecule is O=C(NS(=O)(=O)c1ccc(C(F)(F)F)cc1)c1cc2n(n1)CCCC2. The van der Waals surface area contributed by atoms with Crippen LogP contribution < -0.4 is 4.72 Å². The molecule has 0 aliphatic carbocycles. The molecule has 0 radical (unpaired) electrons. The quantitative estimate of drug-likeness (QED) is 0.896. The van der Waals surface area contributed by atoms with Gasteiger partial charge in [0.25, 0.3) is 15.9 Å². The van der Waals surface area contributed by atoms with Gasteiger partial charge in [0.1, 0.15) is 0 Å². The van der Waals surface area contributed by atoms with Crippen molar-refractivity contribution in [3.63, 3.8) is 0 Å². The first-order chi connectivity index (χ1) is 11.7. The number of halogens is 3. The van der Waals surface area contributed by atoms with Crippen LogP contribution in [-0.2, 0) is 29.2 Å². The van der Waals surface area contributed by atoms with E-state index in [1.807, 2.05) is 4.72 Å². The van der Waals surface area contributed by atoms with Crippen LogP contribution in [-0.4, -0.2) is 24.1 Å². The van der Waals surface area contributed by atoms with E-state index in [2.05, 4.69) is 5.10 Å². The lowest BCUT2D eigenvalue weighted by Gasteiger charge is -2.11. The summed E-state index contributed by atoms with van der Waals surface area (Å²) in [5.41, 5.74) is -0.157. The number of hydrogen-bond acceptors (Lipinski definition) is 4. The van der Waals surface area contributed by atoms with Gasteiger partial charge in [-0.3, -0.25) is 9.48 Å². The highest BCUT2D eigenvalue weighted by Gasteiger charge is 2.31. The van der Waals surface area contributed by atoms with E-state index in [-0.39, 0.29) is 5.69 Å². The number of fused-ring (bicyclic) bond motifs is 1. The third-order valence-corrected chi connectivity index (χ3v) is 5.21. The Morgan fingerprint density at radius 2 is 1.84 bits per heavy atom. The summed E-state index contributed by atoms with van der Waals surface area (Å²) in [6.45, 7) is 0.661. The Morgan fingerprint density at radius 3 is 2.44 bits per heavy atom. The molecule has 2 aromatic rings. The van der Waals surface area contributed by atoms with Gasteiger partial charge in [-0.25, -0.2) is 13.1 Å². The molecule has 1 amide bonds. The number of carbonyl (C=O) groups is 1. The van der Waals surface area contributed by atoms with E-state index >= 15 is 0 Å². The topological polar surface area (TPSA) is 81.1 Å². The minimum atomic E-state index is -4.57. The van der Waals surface area contributed by atoms with Crippen LogP contribution >= 0.6 is 0 Å². The summed E-state index contributed by atoms with van der Waals surface area (Å²) < 4.78 is 65.4. The number of nitrogens with one attached hydrogen (secondary N) is 1. The molecular formula is C15H14F3N3O3S. The Balaban J connectivity index is 1.79. The molecule has 1 aliphatic heterocycles. The second-order valence-corrected chi connectivity index (χ2v) is 7.34. The molecule has 0 saturated heterocycles. The molecule has 25 heavy (non-hydrogen) atoms. The van der Waals surface area contributed by atoms with Crippen LogP contribution in [0.1, 0.15) is 34.6 Å². The Labute approximate surface area is 141 Å². The van der Waals surface area contributed by atoms with E-state index in [1.165, 1.54) is 6.07 Å². The zero-order valence-electron chi connectivity index (χ0n) is 12.9. The van der Waals surface area contributed by atoms with Gasteiger partial charge < -0.3 is 0 Å². The van der Waals surface area contributed by atoms with Gasteiger partial charge in [0.05, 0.1) is 10.5 Å². The fourth-order valence-electron chi connectivity index (χ4n) is 2.59. The molecule has 10 heteroatoms. The molecule has 1 aliphatic rings. The summed E-state index contributed by atoms with van der Waals surface area (Å²) in [6, 6.07) is 4.42. The molecule has 1 aromatic heterocycles. The van der Waals surface area contributed by atoms with Gasteiger partial charge in [-0.1, -0.05) is 0 Å². The lowest BCUT2D eigenvalue weighted by atomic mass is 10.1. The van der Waals surface area contributed by atoms with Gasteiger partial charge in [0.15, 0.2) is 5.69 Å². The first-order valence-electron chi connectivity index (χ1n) is 7.48. The van der Waals surface area contributed by atoms with Gasteiger partial charge in [-0.15, -0.1) is 0 Å². The van der Waals surface area contributed by atoms with Crippen molar-refractivity contribution in [1.29, 1.82) is 0 Å². The number of hydrogen-bond donors (Lipinski definition) is 1. The molecule has 134 valence electrons. The van der Waals surface area contributed by atoms with Gasteiger partial charge >= 0.3 is 6.18 Å². The van der Waals surface area contributed by atoms with Crippen LogP contribution in [0.2, 0.25) is 0 Å². The molecular weight excluding hydrogens is 359 g/mol. The number of aryl methyl sites for hydroxylation is 2. The number of rotatable bonds is 3. The first-order valence-corrected chi connectivity index (χ1v) is 8.96. The monoisotopic (exact) mass is 373 g/mol. The summed E-state index contributed by atoms with van der Waals surface area (Å²) in [4.78, 5) is 11.7. The largest absolute Gasteiger partial charge is 0.416 e. The highest BCUT2D eigenvalue weighted by atomic mass is 32.2. The number of benzene rings is 1. The Morgan fingerprint density at radius 1 is 1.16 bits per heavy atom. The third-order valence-electron chi connectivity index (χ3n) is 3.87. The molecule has 3 rings (SSSR count). The van der Waals surface area contributed by atoms with Crippen molar-refractivity contribution >= 4 is 15.9 Å². The number of aromatic nitrogens is 2. The number of carbonyl (C=O) groups excluding carboxylic acids is 1. The molecule has 0 fully saturated rings. The average Bonchev–Trinajstić information content (AvgIpc) is 2.98. The fourth-order valence-corrected chi connectivity index (χ4v) is 3.55. The molecule has 0 bridgehead atoms. The van der Waals surface area contributed by atoms with Crippen molar-refractivity contribution in [3.8, 4) is 0 Å². The maximum atomic E-state index is 12.5. The van der Waals surface area contributed by atoms with Crippen molar-refractivity contribution in [2.24, 2.45) is 0 Å². The lowest BCUT2D eigenvalue weighted by molar-refractivity contribution is -0.137. The van der Waals surface area contributed by atoms with Crippen LogP contribution in [0.15, 0.2) is 35.2 Å². The normalized spacial score (nSPS) is 14.8. The number of nitrogens with zero attached hydrogens (tertiary/aromatic N) is 2. The number of sulfonamides is 1. The van der Waals surface area contributed by atoms with Gasteiger partial charge in [-0.05, 0) is 49.6 Å². The minimum Gasteiger partial charge on any atom is -0.269 e. The Bertz CT molecular complexity index is 879. The van der Waals surface area contributed by atoms with Crippen molar-refractivity contribution in [2.75, 3.05) is 0 Å². The van der Waals surface area contributed by atoms with Crippen LogP contribution in [0.4, 0.5) is 13.2 Å². The molecule has 0 spiro atoms. The van der Waals surface area contributed by atoms with Crippen molar-refractivity contribution in [1.82, 2.24) is 14.5 Å². The molecule has 1 aromatic carbocycles. The van der Waals surface area contributed by atoms with Crippen molar-refractivity contribution in [3.05, 3.63) is 47.3 Å². The highest BCUT2D eigenvalue weighted by molar-refractivity contribution is 7.90. The number of alkyl halides is 3. The summed E-state index contributed by atoms with van der Waals surface area (Å²) in [6.07, 6.45) is -1.91. The molecule has 1 N–H and O–H groups in total. The zero-order valence-corrected chi connectivity index (χ0v) is 13.7. The predicted octanol–water partition coefficient (Wildman–Crippen LogP) is 2.36. The standard InChI is InChI=1S/C15H14F3N3O3S/c16-15(17,18)10-4-6-12(7-5-10)25(23,24)20-14(22)13-9-11-3-1-2-8-21(11)19-13/h4-7,9H,1-3,8H2,(H,20,22). The van der Waals surface area contributed by atoms with E-state index in [4.69, 9.17) is 0 Å². The van der Waals surface area contributed by atoms with E-state index in [1.54, 1.807) is 4.68 Å². The van der Waals surface area contributed by atoms with Crippen LogP contribution in [0.3, 0.4) is 0 Å². The molecule has 0 saturated carbocycles. The van der Waals surface area contributed by atoms with E-state index in [0.29, 0.717) is 18.7 Å². The van der Waals surface area contributed by atoms with Crippen LogP contribution in [0.25, 0.3) is 0 Å². The minimum absolute atomic E-state index is 0.0348. The summed E-state index contributed by atoms with van der Waals surface area (Å²) in [5.74, 6) is -0.915. The van der Waals surface area contributed by atoms with Gasteiger partial charge in [-0.2, -0.15) is 18.3 Å². The average molecular weight is 373 g/mol. The Hall–Kier alpha value is -2.36. The molecule has 6 nitrogen and oxygen atoms in total. The first kappa shape index (κ1) is 17.5. The van der Waals surface area contributed by atoms with Crippen molar-refractivity contribution in [2.45, 2.75) is 36.9 Å². The highest BCUT2D eigenvalue weighted by Crippen LogP contribution is 2.29.